The fourth-order valence-electron chi connectivity index (χ4n) is 2.02. The van der Waals surface area contributed by atoms with E-state index >= 15 is 0 Å². The Bertz CT molecular complexity index is 204. The first-order chi connectivity index (χ1) is 5.98. The van der Waals surface area contributed by atoms with Crippen molar-refractivity contribution in [1.82, 2.24) is 0 Å². The third-order valence-electron chi connectivity index (χ3n) is 2.49. The van der Waals surface area contributed by atoms with Crippen LogP contribution in [0.1, 0.15) is 27.2 Å². The molecule has 0 aromatic heterocycles. The van der Waals surface area contributed by atoms with E-state index in [-0.39, 0.29) is 18.3 Å². The summed E-state index contributed by atoms with van der Waals surface area (Å²) in [5.74, 6) is -0.545. The molecule has 13 heavy (non-hydrogen) atoms. The Labute approximate surface area is 77.8 Å². The van der Waals surface area contributed by atoms with Crippen LogP contribution in [-0.2, 0) is 14.2 Å². The smallest absolute Gasteiger partial charge is 0.163 e. The molecule has 2 aliphatic rings. The molecule has 4 atom stereocenters. The summed E-state index contributed by atoms with van der Waals surface area (Å²) in [6.45, 7) is 5.65. The van der Waals surface area contributed by atoms with E-state index < -0.39 is 12.1 Å². The number of rotatable bonds is 0. The predicted molar refractivity (Wildman–Crippen MR) is 45.0 cm³/mol. The molecule has 4 heteroatoms. The summed E-state index contributed by atoms with van der Waals surface area (Å²) in [5, 5.41) is 9.34. The Morgan fingerprint density at radius 3 is 2.69 bits per heavy atom. The highest BCUT2D eigenvalue weighted by Gasteiger charge is 2.48. The number of aliphatic hydroxyl groups is 1. The van der Waals surface area contributed by atoms with Crippen molar-refractivity contribution >= 4 is 0 Å². The Kier molecular flexibility index (Phi) is 2.11. The van der Waals surface area contributed by atoms with E-state index in [2.05, 4.69) is 0 Å². The summed E-state index contributed by atoms with van der Waals surface area (Å²) >= 11 is 0. The van der Waals surface area contributed by atoms with Crippen molar-refractivity contribution in [2.75, 3.05) is 0 Å². The van der Waals surface area contributed by atoms with Gasteiger partial charge in [0, 0.05) is 6.42 Å². The van der Waals surface area contributed by atoms with E-state index in [0.717, 1.165) is 0 Å². The van der Waals surface area contributed by atoms with Gasteiger partial charge in [-0.15, -0.1) is 0 Å². The van der Waals surface area contributed by atoms with Gasteiger partial charge in [-0.1, -0.05) is 0 Å². The molecule has 76 valence electrons. The maximum absolute atomic E-state index is 9.34. The van der Waals surface area contributed by atoms with E-state index in [9.17, 15) is 5.11 Å². The van der Waals surface area contributed by atoms with Crippen molar-refractivity contribution in [2.24, 2.45) is 0 Å². The second-order valence-electron chi connectivity index (χ2n) is 4.17. The van der Waals surface area contributed by atoms with Gasteiger partial charge in [0.05, 0.1) is 12.2 Å². The highest BCUT2D eigenvalue weighted by molar-refractivity contribution is 4.89. The molecule has 1 unspecified atom stereocenters. The molecule has 0 amide bonds. The lowest BCUT2D eigenvalue weighted by atomic mass is 10.0. The minimum atomic E-state index is -0.714. The van der Waals surface area contributed by atoms with Crippen LogP contribution >= 0.6 is 0 Å². The van der Waals surface area contributed by atoms with Gasteiger partial charge in [0.15, 0.2) is 12.1 Å². The van der Waals surface area contributed by atoms with Crippen molar-refractivity contribution in [1.29, 1.82) is 0 Å². The molecule has 1 N–H and O–H groups in total. The summed E-state index contributed by atoms with van der Waals surface area (Å²) in [6.07, 6.45) is -0.394. The van der Waals surface area contributed by atoms with Crippen molar-refractivity contribution in [3.8, 4) is 0 Å². The quantitative estimate of drug-likeness (QED) is 0.606. The van der Waals surface area contributed by atoms with Crippen molar-refractivity contribution in [3.63, 3.8) is 0 Å². The summed E-state index contributed by atoms with van der Waals surface area (Å²) in [4.78, 5) is 0. The van der Waals surface area contributed by atoms with Crippen molar-refractivity contribution < 1.29 is 19.3 Å². The van der Waals surface area contributed by atoms with Crippen LogP contribution in [0.15, 0.2) is 0 Å². The molecule has 2 saturated heterocycles. The Morgan fingerprint density at radius 2 is 2.00 bits per heavy atom. The van der Waals surface area contributed by atoms with Crippen LogP contribution in [0.5, 0.6) is 0 Å². The van der Waals surface area contributed by atoms with Crippen LogP contribution in [0, 0.1) is 0 Å². The first-order valence-corrected chi connectivity index (χ1v) is 4.67. The van der Waals surface area contributed by atoms with Crippen LogP contribution in [0.2, 0.25) is 0 Å². The summed E-state index contributed by atoms with van der Waals surface area (Å²) < 4.78 is 16.5. The summed E-state index contributed by atoms with van der Waals surface area (Å²) in [6, 6.07) is 0. The van der Waals surface area contributed by atoms with E-state index in [0.29, 0.717) is 6.42 Å². The van der Waals surface area contributed by atoms with Gasteiger partial charge < -0.3 is 19.3 Å². The number of hydrogen-bond donors (Lipinski definition) is 1. The van der Waals surface area contributed by atoms with Gasteiger partial charge in [-0.25, -0.2) is 0 Å². The molecular weight excluding hydrogens is 172 g/mol. The molecule has 2 rings (SSSR count). The predicted octanol–water partition coefficient (Wildman–Crippen LogP) is 0.634. The van der Waals surface area contributed by atoms with Crippen LogP contribution in [0.25, 0.3) is 0 Å². The molecule has 0 spiro atoms. The Balaban J connectivity index is 2.10. The monoisotopic (exact) mass is 188 g/mol. The lowest BCUT2D eigenvalue weighted by molar-refractivity contribution is -0.203. The highest BCUT2D eigenvalue weighted by Crippen LogP contribution is 2.36. The maximum atomic E-state index is 9.34. The first-order valence-electron chi connectivity index (χ1n) is 4.67. The third kappa shape index (κ3) is 1.72. The average Bonchev–Trinajstić information content (AvgIpc) is 2.23. The van der Waals surface area contributed by atoms with Gasteiger partial charge in [-0.05, 0) is 20.8 Å². The number of ether oxygens (including phenoxy) is 3. The first kappa shape index (κ1) is 9.40. The van der Waals surface area contributed by atoms with Crippen molar-refractivity contribution in [2.45, 2.75) is 57.6 Å². The van der Waals surface area contributed by atoms with Gasteiger partial charge in [-0.2, -0.15) is 0 Å². The lowest BCUT2D eigenvalue weighted by Crippen LogP contribution is -2.45. The molecule has 2 fully saturated rings. The second kappa shape index (κ2) is 2.92. The van der Waals surface area contributed by atoms with Gasteiger partial charge in [-0.3, -0.25) is 0 Å². The Hall–Kier alpha value is -0.160. The van der Waals surface area contributed by atoms with E-state index in [1.54, 1.807) is 0 Å². The van der Waals surface area contributed by atoms with Gasteiger partial charge in [0.25, 0.3) is 0 Å². The Morgan fingerprint density at radius 1 is 1.31 bits per heavy atom. The number of fused-ring (bicyclic) bond motifs is 1. The summed E-state index contributed by atoms with van der Waals surface area (Å²) in [5.41, 5.74) is 0. The molecule has 0 radical (unpaired) electrons. The SMILES string of the molecule is C[C@H]1OC(O)C[C@@H]2OC(C)(C)O[C@@H]21. The zero-order valence-electron chi connectivity index (χ0n) is 8.19. The summed E-state index contributed by atoms with van der Waals surface area (Å²) in [7, 11) is 0. The number of aliphatic hydroxyl groups excluding tert-OH is 1. The van der Waals surface area contributed by atoms with Crippen LogP contribution < -0.4 is 0 Å². The molecule has 0 bridgehead atoms. The van der Waals surface area contributed by atoms with Crippen molar-refractivity contribution in [3.05, 3.63) is 0 Å². The van der Waals surface area contributed by atoms with Gasteiger partial charge >= 0.3 is 0 Å². The maximum Gasteiger partial charge on any atom is 0.163 e. The minimum Gasteiger partial charge on any atom is -0.368 e. The van der Waals surface area contributed by atoms with Crippen LogP contribution in [0.3, 0.4) is 0 Å². The van der Waals surface area contributed by atoms with E-state index in [1.165, 1.54) is 0 Å². The molecule has 0 saturated carbocycles. The fraction of sp³-hybridized carbons (Fsp3) is 1.00. The third-order valence-corrected chi connectivity index (χ3v) is 2.49. The zero-order valence-corrected chi connectivity index (χ0v) is 8.19. The van der Waals surface area contributed by atoms with E-state index in [1.807, 2.05) is 20.8 Å². The second-order valence-corrected chi connectivity index (χ2v) is 4.17. The van der Waals surface area contributed by atoms with Crippen LogP contribution in [-0.4, -0.2) is 35.5 Å². The topological polar surface area (TPSA) is 47.9 Å². The molecule has 0 aliphatic carbocycles. The normalized spacial score (nSPS) is 48.9. The number of hydrogen-bond acceptors (Lipinski definition) is 4. The average molecular weight is 188 g/mol. The lowest BCUT2D eigenvalue weighted by Gasteiger charge is -2.32. The zero-order chi connectivity index (χ0) is 9.64. The van der Waals surface area contributed by atoms with Gasteiger partial charge in [0.1, 0.15) is 6.10 Å². The molecular formula is C9H16O4. The minimum absolute atomic E-state index is 0.0336. The largest absolute Gasteiger partial charge is 0.368 e. The molecule has 0 aromatic rings. The fourth-order valence-corrected chi connectivity index (χ4v) is 2.02. The molecule has 2 heterocycles. The molecule has 0 aromatic carbocycles. The standard InChI is InChI=1S/C9H16O4/c1-5-8-6(4-7(10)11-5)12-9(2,3)13-8/h5-8,10H,4H2,1-3H3/t5-,6+,7?,8-/m1/s1. The molecule has 4 nitrogen and oxygen atoms in total. The van der Waals surface area contributed by atoms with E-state index in [4.69, 9.17) is 14.2 Å². The van der Waals surface area contributed by atoms with Crippen LogP contribution in [0.4, 0.5) is 0 Å². The van der Waals surface area contributed by atoms with Gasteiger partial charge in [0.2, 0.25) is 0 Å². The molecule has 2 aliphatic heterocycles. The highest BCUT2D eigenvalue weighted by atomic mass is 16.8.